The van der Waals surface area contributed by atoms with Gasteiger partial charge >= 0.3 is 0 Å². The number of nitrogens with zero attached hydrogens (tertiary/aromatic N) is 5. The summed E-state index contributed by atoms with van der Waals surface area (Å²) in [7, 11) is 5.23. The maximum absolute atomic E-state index is 5.63. The minimum atomic E-state index is 0.147. The third kappa shape index (κ3) is 3.89. The topological polar surface area (TPSA) is 99.0 Å². The van der Waals surface area contributed by atoms with Crippen molar-refractivity contribution in [2.75, 3.05) is 31.9 Å². The van der Waals surface area contributed by atoms with Gasteiger partial charge in [-0.3, -0.25) is 0 Å². The average Bonchev–Trinajstić information content (AvgIpc) is 3.49. The molecule has 2 aromatic heterocycles. The number of rotatable bonds is 7. The lowest BCUT2D eigenvalue weighted by Crippen LogP contribution is -2.08. The van der Waals surface area contributed by atoms with Gasteiger partial charge in [0.1, 0.15) is 35.2 Å². The van der Waals surface area contributed by atoms with Crippen molar-refractivity contribution in [2.24, 2.45) is 0 Å². The van der Waals surface area contributed by atoms with Crippen LogP contribution in [0.5, 0.6) is 11.5 Å². The molecule has 0 radical (unpaired) electrons. The molecule has 4 aromatic rings. The van der Waals surface area contributed by atoms with E-state index in [2.05, 4.69) is 26.8 Å². The Balaban J connectivity index is 1.50. The molecular formula is C25H27N7O2. The Bertz CT molecular complexity index is 1330. The SMILES string of the molecule is CNc1nc(Nc2ccc(-n3cnc(C)n3)c(OC)c2)nc2c1CC[C@H]2c1ccccc1OC. The van der Waals surface area contributed by atoms with E-state index in [1.54, 1.807) is 25.2 Å². The predicted octanol–water partition coefficient (Wildman–Crippen LogP) is 4.25. The molecule has 5 rings (SSSR count). The summed E-state index contributed by atoms with van der Waals surface area (Å²) in [6.45, 7) is 1.85. The van der Waals surface area contributed by atoms with Gasteiger partial charge in [0.25, 0.3) is 0 Å². The van der Waals surface area contributed by atoms with Crippen LogP contribution in [0, 0.1) is 6.92 Å². The van der Waals surface area contributed by atoms with E-state index in [4.69, 9.17) is 19.4 Å². The minimum absolute atomic E-state index is 0.147. The van der Waals surface area contributed by atoms with Crippen LogP contribution < -0.4 is 20.1 Å². The van der Waals surface area contributed by atoms with Crippen molar-refractivity contribution >= 4 is 17.5 Å². The molecule has 34 heavy (non-hydrogen) atoms. The van der Waals surface area contributed by atoms with Gasteiger partial charge in [0.15, 0.2) is 0 Å². The number of anilines is 3. The summed E-state index contributed by atoms with van der Waals surface area (Å²) in [4.78, 5) is 13.9. The number of hydrogen-bond acceptors (Lipinski definition) is 8. The first-order chi connectivity index (χ1) is 16.6. The molecule has 1 aliphatic carbocycles. The van der Waals surface area contributed by atoms with E-state index in [9.17, 15) is 0 Å². The van der Waals surface area contributed by atoms with Gasteiger partial charge in [-0.25, -0.2) is 14.6 Å². The second kappa shape index (κ2) is 9.01. The molecule has 2 aromatic carbocycles. The Morgan fingerprint density at radius 2 is 1.85 bits per heavy atom. The number of hydrogen-bond donors (Lipinski definition) is 2. The van der Waals surface area contributed by atoms with Crippen LogP contribution in [0.15, 0.2) is 48.8 Å². The number of nitrogens with one attached hydrogen (secondary N) is 2. The van der Waals surface area contributed by atoms with E-state index < -0.39 is 0 Å². The Morgan fingerprint density at radius 3 is 2.59 bits per heavy atom. The van der Waals surface area contributed by atoms with E-state index in [1.165, 1.54) is 0 Å². The molecule has 0 fully saturated rings. The first-order valence-electron chi connectivity index (χ1n) is 11.2. The number of aromatic nitrogens is 5. The van der Waals surface area contributed by atoms with Crippen molar-refractivity contribution in [1.82, 2.24) is 24.7 Å². The zero-order valence-corrected chi connectivity index (χ0v) is 19.7. The second-order valence-corrected chi connectivity index (χ2v) is 8.09. The van der Waals surface area contributed by atoms with Crippen molar-refractivity contribution in [3.8, 4) is 17.2 Å². The van der Waals surface area contributed by atoms with Crippen molar-refractivity contribution in [1.29, 1.82) is 0 Å². The van der Waals surface area contributed by atoms with E-state index in [-0.39, 0.29) is 5.92 Å². The molecule has 174 valence electrons. The maximum atomic E-state index is 5.63. The van der Waals surface area contributed by atoms with Gasteiger partial charge in [-0.05, 0) is 38.0 Å². The lowest BCUT2D eigenvalue weighted by atomic mass is 9.95. The number of para-hydroxylation sites is 1. The highest BCUT2D eigenvalue weighted by Gasteiger charge is 2.31. The smallest absolute Gasteiger partial charge is 0.229 e. The van der Waals surface area contributed by atoms with E-state index in [1.807, 2.05) is 50.4 Å². The molecule has 2 N–H and O–H groups in total. The van der Waals surface area contributed by atoms with Crippen molar-refractivity contribution in [2.45, 2.75) is 25.7 Å². The van der Waals surface area contributed by atoms with Crippen LogP contribution in [0.25, 0.3) is 5.69 Å². The summed E-state index contributed by atoms with van der Waals surface area (Å²) in [6, 6.07) is 13.9. The van der Waals surface area contributed by atoms with Gasteiger partial charge in [0.2, 0.25) is 5.95 Å². The van der Waals surface area contributed by atoms with E-state index in [0.717, 1.165) is 52.6 Å². The molecule has 0 spiro atoms. The van der Waals surface area contributed by atoms with Crippen molar-refractivity contribution < 1.29 is 9.47 Å². The van der Waals surface area contributed by atoms with Crippen LogP contribution in [0.1, 0.15) is 35.0 Å². The molecule has 1 atom stereocenters. The number of methoxy groups -OCH3 is 2. The summed E-state index contributed by atoms with van der Waals surface area (Å²) in [6.07, 6.45) is 3.54. The normalized spacial score (nSPS) is 14.5. The molecule has 1 aliphatic rings. The zero-order chi connectivity index (χ0) is 23.7. The number of benzene rings is 2. The van der Waals surface area contributed by atoms with E-state index in [0.29, 0.717) is 17.5 Å². The minimum Gasteiger partial charge on any atom is -0.496 e. The number of ether oxygens (including phenoxy) is 2. The first-order valence-corrected chi connectivity index (χ1v) is 11.2. The van der Waals surface area contributed by atoms with Gasteiger partial charge in [-0.15, -0.1) is 0 Å². The zero-order valence-electron chi connectivity index (χ0n) is 19.7. The molecular weight excluding hydrogens is 430 g/mol. The number of aryl methyl sites for hydroxylation is 1. The van der Waals surface area contributed by atoms with Crippen LogP contribution >= 0.6 is 0 Å². The molecule has 9 nitrogen and oxygen atoms in total. The average molecular weight is 458 g/mol. The van der Waals surface area contributed by atoms with Crippen LogP contribution in [0.2, 0.25) is 0 Å². The van der Waals surface area contributed by atoms with Gasteiger partial charge in [-0.1, -0.05) is 18.2 Å². The summed E-state index contributed by atoms with van der Waals surface area (Å²) in [5.74, 6) is 3.75. The van der Waals surface area contributed by atoms with Gasteiger partial charge < -0.3 is 20.1 Å². The Morgan fingerprint density at radius 1 is 1.03 bits per heavy atom. The van der Waals surface area contributed by atoms with Gasteiger partial charge in [0, 0.05) is 35.8 Å². The number of fused-ring (bicyclic) bond motifs is 1. The van der Waals surface area contributed by atoms with Crippen LogP contribution in [-0.4, -0.2) is 46.0 Å². The lowest BCUT2D eigenvalue weighted by molar-refractivity contribution is 0.407. The maximum Gasteiger partial charge on any atom is 0.229 e. The Hall–Kier alpha value is -4.14. The van der Waals surface area contributed by atoms with E-state index >= 15 is 0 Å². The predicted molar refractivity (Wildman–Crippen MR) is 131 cm³/mol. The third-order valence-electron chi connectivity index (χ3n) is 6.09. The highest BCUT2D eigenvalue weighted by atomic mass is 16.5. The molecule has 0 amide bonds. The molecule has 0 saturated carbocycles. The van der Waals surface area contributed by atoms with Crippen molar-refractivity contribution in [3.63, 3.8) is 0 Å². The third-order valence-corrected chi connectivity index (χ3v) is 6.09. The molecule has 0 bridgehead atoms. The van der Waals surface area contributed by atoms with Crippen LogP contribution in [0.3, 0.4) is 0 Å². The molecule has 2 heterocycles. The fourth-order valence-corrected chi connectivity index (χ4v) is 4.52. The second-order valence-electron chi connectivity index (χ2n) is 8.09. The lowest BCUT2D eigenvalue weighted by Gasteiger charge is -2.17. The highest BCUT2D eigenvalue weighted by molar-refractivity contribution is 5.64. The monoisotopic (exact) mass is 457 g/mol. The molecule has 0 aliphatic heterocycles. The van der Waals surface area contributed by atoms with Gasteiger partial charge in [-0.2, -0.15) is 10.1 Å². The first kappa shape index (κ1) is 21.7. The summed E-state index contributed by atoms with van der Waals surface area (Å²) < 4.78 is 12.9. The molecule has 0 saturated heterocycles. The fourth-order valence-electron chi connectivity index (χ4n) is 4.52. The van der Waals surface area contributed by atoms with Gasteiger partial charge in [0.05, 0.1) is 19.9 Å². The Kier molecular flexibility index (Phi) is 5.75. The largest absolute Gasteiger partial charge is 0.496 e. The standard InChI is InChI=1S/C25H27N7O2/c1-15-27-14-32(31-15)20-12-9-16(13-22(20)34-4)28-25-29-23-18(10-11-19(23)24(26-2)30-25)17-7-5-6-8-21(17)33-3/h5-9,12-14,18H,10-11H2,1-4H3,(H2,26,28,29,30)/t18-/m0/s1. The van der Waals surface area contributed by atoms with Crippen molar-refractivity contribution in [3.05, 3.63) is 71.4 Å². The summed E-state index contributed by atoms with van der Waals surface area (Å²) in [5, 5.41) is 11.0. The summed E-state index contributed by atoms with van der Waals surface area (Å²) >= 11 is 0. The van der Waals surface area contributed by atoms with Crippen LogP contribution in [0.4, 0.5) is 17.5 Å². The highest BCUT2D eigenvalue weighted by Crippen LogP contribution is 2.43. The summed E-state index contributed by atoms with van der Waals surface area (Å²) in [5.41, 5.74) is 4.93. The molecule has 9 heteroatoms. The quantitative estimate of drug-likeness (QED) is 0.425. The molecule has 0 unspecified atom stereocenters. The van der Waals surface area contributed by atoms with Crippen LogP contribution in [-0.2, 0) is 6.42 Å². The Labute approximate surface area is 198 Å². The fraction of sp³-hybridized carbons (Fsp3) is 0.280.